The second kappa shape index (κ2) is 6.28. The normalized spacial score (nSPS) is 19.1. The van der Waals surface area contributed by atoms with Gasteiger partial charge < -0.3 is 10.2 Å². The van der Waals surface area contributed by atoms with Gasteiger partial charge in [0, 0.05) is 24.0 Å². The third-order valence-electron chi connectivity index (χ3n) is 4.48. The molecule has 0 aliphatic carbocycles. The highest BCUT2D eigenvalue weighted by Gasteiger charge is 2.20. The van der Waals surface area contributed by atoms with E-state index < -0.39 is 0 Å². The van der Waals surface area contributed by atoms with Crippen molar-refractivity contribution in [2.24, 2.45) is 0 Å². The van der Waals surface area contributed by atoms with E-state index in [1.165, 1.54) is 35.1 Å². The Balaban J connectivity index is 1.92. The third-order valence-corrected chi connectivity index (χ3v) is 5.60. The maximum absolute atomic E-state index is 4.61. The van der Waals surface area contributed by atoms with Gasteiger partial charge in [-0.3, -0.25) is 0 Å². The van der Waals surface area contributed by atoms with Crippen molar-refractivity contribution in [1.82, 2.24) is 15.3 Å². The summed E-state index contributed by atoms with van der Waals surface area (Å²) in [4.78, 5) is 13.9. The molecule has 0 radical (unpaired) electrons. The highest BCUT2D eigenvalue weighted by molar-refractivity contribution is 7.18. The van der Waals surface area contributed by atoms with Crippen LogP contribution in [0.4, 0.5) is 5.82 Å². The van der Waals surface area contributed by atoms with Gasteiger partial charge >= 0.3 is 0 Å². The van der Waals surface area contributed by atoms with E-state index in [0.717, 1.165) is 30.3 Å². The summed E-state index contributed by atoms with van der Waals surface area (Å²) in [5.74, 6) is 1.11. The number of thiophene rings is 1. The lowest BCUT2D eigenvalue weighted by atomic mass is 10.0. The fourth-order valence-corrected chi connectivity index (χ4v) is 4.11. The van der Waals surface area contributed by atoms with E-state index in [0.29, 0.717) is 6.04 Å². The van der Waals surface area contributed by atoms with Crippen LogP contribution in [0.2, 0.25) is 0 Å². The number of aromatic nitrogens is 2. The van der Waals surface area contributed by atoms with Gasteiger partial charge in [0.2, 0.25) is 0 Å². The number of likely N-dealkylation sites (N-methyl/N-ethyl adjacent to an activating group) is 1. The van der Waals surface area contributed by atoms with Crippen LogP contribution in [0.3, 0.4) is 0 Å². The van der Waals surface area contributed by atoms with Gasteiger partial charge in [0.15, 0.2) is 0 Å². The maximum atomic E-state index is 4.61. The molecule has 1 aliphatic heterocycles. The molecule has 2 aromatic rings. The SMILES string of the molecule is CCN(CC1CCCCN1)c1ncnc2sc(C)c(C)c12. The molecule has 5 heteroatoms. The lowest BCUT2D eigenvalue weighted by Gasteiger charge is -2.31. The predicted octanol–water partition coefficient (Wildman–Crippen LogP) is 3.28. The van der Waals surface area contributed by atoms with Crippen molar-refractivity contribution in [1.29, 1.82) is 0 Å². The van der Waals surface area contributed by atoms with Crippen LogP contribution in [0.15, 0.2) is 6.33 Å². The minimum absolute atomic E-state index is 0.587. The Hall–Kier alpha value is -1.20. The minimum Gasteiger partial charge on any atom is -0.355 e. The molecule has 3 rings (SSSR count). The zero-order valence-electron chi connectivity index (χ0n) is 13.1. The van der Waals surface area contributed by atoms with Crippen LogP contribution >= 0.6 is 11.3 Å². The summed E-state index contributed by atoms with van der Waals surface area (Å²) in [6.45, 7) is 9.75. The van der Waals surface area contributed by atoms with Gasteiger partial charge in [-0.05, 0) is 45.7 Å². The monoisotopic (exact) mass is 304 g/mol. The van der Waals surface area contributed by atoms with Crippen molar-refractivity contribution in [2.45, 2.75) is 46.1 Å². The number of nitrogens with one attached hydrogen (secondary N) is 1. The first kappa shape index (κ1) is 14.7. The van der Waals surface area contributed by atoms with Crippen LogP contribution in [0, 0.1) is 13.8 Å². The molecule has 4 nitrogen and oxygen atoms in total. The van der Waals surface area contributed by atoms with Crippen molar-refractivity contribution < 1.29 is 0 Å². The van der Waals surface area contributed by atoms with Crippen LogP contribution in [0.1, 0.15) is 36.6 Å². The van der Waals surface area contributed by atoms with Crippen molar-refractivity contribution in [3.05, 3.63) is 16.8 Å². The van der Waals surface area contributed by atoms with Gasteiger partial charge in [-0.25, -0.2) is 9.97 Å². The molecular formula is C16H24N4S. The summed E-state index contributed by atoms with van der Waals surface area (Å²) in [6.07, 6.45) is 5.63. The number of fused-ring (bicyclic) bond motifs is 1. The fourth-order valence-electron chi connectivity index (χ4n) is 3.11. The fraction of sp³-hybridized carbons (Fsp3) is 0.625. The molecule has 1 aliphatic rings. The zero-order valence-corrected chi connectivity index (χ0v) is 14.0. The molecule has 1 atom stereocenters. The quantitative estimate of drug-likeness (QED) is 0.941. The van der Waals surface area contributed by atoms with E-state index in [1.807, 2.05) is 0 Å². The van der Waals surface area contributed by atoms with Gasteiger partial charge in [0.25, 0.3) is 0 Å². The number of rotatable bonds is 4. The third kappa shape index (κ3) is 2.90. The van der Waals surface area contributed by atoms with Crippen molar-refractivity contribution in [3.8, 4) is 0 Å². The molecule has 1 saturated heterocycles. The zero-order chi connectivity index (χ0) is 14.8. The standard InChI is InChI=1S/C16H24N4S/c1-4-20(9-13-7-5-6-8-17-13)15-14-11(2)12(3)21-16(14)19-10-18-15/h10,13,17H,4-9H2,1-3H3. The number of piperidine rings is 1. The first-order valence-electron chi connectivity index (χ1n) is 7.89. The van der Waals surface area contributed by atoms with E-state index in [1.54, 1.807) is 17.7 Å². The summed E-state index contributed by atoms with van der Waals surface area (Å²) in [5, 5.41) is 4.89. The number of nitrogens with zero attached hydrogens (tertiary/aromatic N) is 3. The minimum atomic E-state index is 0.587. The maximum Gasteiger partial charge on any atom is 0.141 e. The Morgan fingerprint density at radius 1 is 1.33 bits per heavy atom. The molecule has 21 heavy (non-hydrogen) atoms. The Bertz CT molecular complexity index is 616. The van der Waals surface area contributed by atoms with Gasteiger partial charge in [-0.15, -0.1) is 11.3 Å². The first-order chi connectivity index (χ1) is 10.2. The van der Waals surface area contributed by atoms with Crippen LogP contribution in [-0.2, 0) is 0 Å². The molecule has 0 spiro atoms. The summed E-state index contributed by atoms with van der Waals surface area (Å²) >= 11 is 1.77. The smallest absolute Gasteiger partial charge is 0.141 e. The van der Waals surface area contributed by atoms with Gasteiger partial charge in [0.1, 0.15) is 17.0 Å². The van der Waals surface area contributed by atoms with Crippen LogP contribution in [0.5, 0.6) is 0 Å². The molecule has 1 unspecified atom stereocenters. The predicted molar refractivity (Wildman–Crippen MR) is 90.4 cm³/mol. The molecule has 0 amide bonds. The van der Waals surface area contributed by atoms with Crippen LogP contribution in [-0.4, -0.2) is 35.6 Å². The molecule has 114 valence electrons. The van der Waals surface area contributed by atoms with Crippen molar-refractivity contribution >= 4 is 27.4 Å². The molecule has 0 saturated carbocycles. The lowest BCUT2D eigenvalue weighted by molar-refractivity contribution is 0.400. The second-order valence-electron chi connectivity index (χ2n) is 5.85. The van der Waals surface area contributed by atoms with Gasteiger partial charge in [0.05, 0.1) is 5.39 Å². The summed E-state index contributed by atoms with van der Waals surface area (Å²) < 4.78 is 0. The lowest BCUT2D eigenvalue weighted by Crippen LogP contribution is -2.44. The van der Waals surface area contributed by atoms with Crippen molar-refractivity contribution in [3.63, 3.8) is 0 Å². The van der Waals surface area contributed by atoms with Crippen LogP contribution < -0.4 is 10.2 Å². The topological polar surface area (TPSA) is 41.0 Å². The summed E-state index contributed by atoms with van der Waals surface area (Å²) in [5.41, 5.74) is 1.33. The van der Waals surface area contributed by atoms with Crippen LogP contribution in [0.25, 0.3) is 10.2 Å². The Morgan fingerprint density at radius 3 is 2.90 bits per heavy atom. The second-order valence-corrected chi connectivity index (χ2v) is 7.05. The summed E-state index contributed by atoms with van der Waals surface area (Å²) in [6, 6.07) is 0.587. The number of hydrogen-bond donors (Lipinski definition) is 1. The van der Waals surface area contributed by atoms with E-state index in [2.05, 4.69) is 41.0 Å². The molecular weight excluding hydrogens is 280 g/mol. The molecule has 1 N–H and O–H groups in total. The average Bonchev–Trinajstić information content (AvgIpc) is 2.81. The van der Waals surface area contributed by atoms with E-state index >= 15 is 0 Å². The number of hydrogen-bond acceptors (Lipinski definition) is 5. The Labute approximate surface area is 130 Å². The highest BCUT2D eigenvalue weighted by Crippen LogP contribution is 2.34. The Morgan fingerprint density at radius 2 is 2.19 bits per heavy atom. The molecule has 3 heterocycles. The van der Waals surface area contributed by atoms with Gasteiger partial charge in [-0.1, -0.05) is 6.42 Å². The molecule has 0 aromatic carbocycles. The van der Waals surface area contributed by atoms with E-state index in [4.69, 9.17) is 0 Å². The van der Waals surface area contributed by atoms with E-state index in [9.17, 15) is 0 Å². The average molecular weight is 304 g/mol. The highest BCUT2D eigenvalue weighted by atomic mass is 32.1. The largest absolute Gasteiger partial charge is 0.355 e. The summed E-state index contributed by atoms with van der Waals surface area (Å²) in [7, 11) is 0. The molecule has 0 bridgehead atoms. The first-order valence-corrected chi connectivity index (χ1v) is 8.71. The number of anilines is 1. The molecule has 1 fully saturated rings. The van der Waals surface area contributed by atoms with E-state index in [-0.39, 0.29) is 0 Å². The molecule has 2 aromatic heterocycles. The van der Waals surface area contributed by atoms with Crippen molar-refractivity contribution in [2.75, 3.05) is 24.5 Å². The number of aryl methyl sites for hydroxylation is 2. The van der Waals surface area contributed by atoms with Gasteiger partial charge in [-0.2, -0.15) is 0 Å². The Kier molecular flexibility index (Phi) is 4.40.